The average molecular weight is 490 g/mol. The minimum absolute atomic E-state index is 0.0495. The maximum absolute atomic E-state index is 12.2. The highest BCUT2D eigenvalue weighted by Crippen LogP contribution is 2.28. The van der Waals surface area contributed by atoms with Crippen LogP contribution in [0.15, 0.2) is 36.4 Å². The van der Waals surface area contributed by atoms with Gasteiger partial charge >= 0.3 is 11.9 Å². The van der Waals surface area contributed by atoms with E-state index >= 15 is 0 Å². The summed E-state index contributed by atoms with van der Waals surface area (Å²) < 4.78 is 35.3. The van der Waals surface area contributed by atoms with Crippen LogP contribution in [0, 0.1) is 0 Å². The molecule has 0 N–H and O–H groups in total. The summed E-state index contributed by atoms with van der Waals surface area (Å²) in [6.07, 6.45) is 0. The molecule has 11 nitrogen and oxygen atoms in total. The highest BCUT2D eigenvalue weighted by atomic mass is 16.6. The predicted molar refractivity (Wildman–Crippen MR) is 120 cm³/mol. The zero-order chi connectivity index (χ0) is 25.8. The van der Waals surface area contributed by atoms with Crippen molar-refractivity contribution in [2.45, 2.75) is 0 Å². The zero-order valence-electron chi connectivity index (χ0n) is 19.8. The molecule has 0 aliphatic heterocycles. The molecule has 0 atom stereocenters. The molecule has 0 fully saturated rings. The number of esters is 2. The fourth-order valence-electron chi connectivity index (χ4n) is 2.81. The lowest BCUT2D eigenvalue weighted by molar-refractivity contribution is -0.141. The van der Waals surface area contributed by atoms with Gasteiger partial charge in [0.2, 0.25) is 0 Å². The van der Waals surface area contributed by atoms with Crippen LogP contribution in [0.25, 0.3) is 0 Å². The van der Waals surface area contributed by atoms with E-state index in [4.69, 9.17) is 33.2 Å². The number of ketones is 2. The van der Waals surface area contributed by atoms with Crippen molar-refractivity contribution in [1.29, 1.82) is 0 Å². The minimum atomic E-state index is -1.06. The summed E-state index contributed by atoms with van der Waals surface area (Å²) in [5.41, 5.74) is 0.166. The highest BCUT2D eigenvalue weighted by molar-refractivity contribution is 6.41. The molecule has 0 aromatic heterocycles. The van der Waals surface area contributed by atoms with Gasteiger partial charge in [-0.05, 0) is 36.4 Å². The van der Waals surface area contributed by atoms with Crippen LogP contribution < -0.4 is 18.9 Å². The third kappa shape index (κ3) is 7.44. The first kappa shape index (κ1) is 27.1. The molecule has 35 heavy (non-hydrogen) atoms. The quantitative estimate of drug-likeness (QED) is 0.166. The number of hydrogen-bond acceptors (Lipinski definition) is 11. The second kappa shape index (κ2) is 13.6. The van der Waals surface area contributed by atoms with Crippen molar-refractivity contribution in [3.63, 3.8) is 0 Å². The number of Topliss-reactive ketones (excluding diaryl/α,β-unsaturated/α-hetero) is 2. The van der Waals surface area contributed by atoms with Crippen LogP contribution in [-0.4, -0.2) is 78.4 Å². The second-order valence-electron chi connectivity index (χ2n) is 6.68. The molecule has 0 radical (unpaired) electrons. The molecule has 0 saturated carbocycles. The van der Waals surface area contributed by atoms with Crippen LogP contribution in [0.5, 0.6) is 23.0 Å². The molecule has 2 rings (SSSR count). The molecule has 11 heteroatoms. The van der Waals surface area contributed by atoms with Gasteiger partial charge in [0.05, 0.1) is 41.7 Å². The standard InChI is InChI=1S/C24H26O11/c1-29-17-7-5-15(13-19(17)31-3)21(25)23(27)34-11-9-33-10-12-35-24(28)22(26)16-6-8-18(30-2)20(14-16)32-4/h5-8,13-14H,9-12H2,1-4H3. The van der Waals surface area contributed by atoms with Crippen molar-refractivity contribution >= 4 is 23.5 Å². The van der Waals surface area contributed by atoms with Gasteiger partial charge < -0.3 is 33.2 Å². The van der Waals surface area contributed by atoms with Crippen molar-refractivity contribution in [1.82, 2.24) is 0 Å². The Morgan fingerprint density at radius 1 is 0.543 bits per heavy atom. The Morgan fingerprint density at radius 2 is 0.914 bits per heavy atom. The number of benzene rings is 2. The highest BCUT2D eigenvalue weighted by Gasteiger charge is 2.21. The first-order chi connectivity index (χ1) is 16.9. The average Bonchev–Trinajstić information content (AvgIpc) is 2.90. The second-order valence-corrected chi connectivity index (χ2v) is 6.68. The summed E-state index contributed by atoms with van der Waals surface area (Å²) in [7, 11) is 5.71. The van der Waals surface area contributed by atoms with E-state index in [0.717, 1.165) is 0 Å². The number of ether oxygens (including phenoxy) is 7. The van der Waals surface area contributed by atoms with Crippen LogP contribution in [-0.2, 0) is 23.8 Å². The summed E-state index contributed by atoms with van der Waals surface area (Å²) in [6.45, 7) is -0.495. The third-order valence-electron chi connectivity index (χ3n) is 4.58. The number of rotatable bonds is 14. The number of carbonyl (C=O) groups excluding carboxylic acids is 4. The SMILES string of the molecule is COc1ccc(C(=O)C(=O)OCCOCCOC(=O)C(=O)c2ccc(OC)c(OC)c2)cc1OC. The zero-order valence-corrected chi connectivity index (χ0v) is 19.8. The summed E-state index contributed by atoms with van der Waals surface area (Å²) in [5.74, 6) is -2.40. The van der Waals surface area contributed by atoms with E-state index in [-0.39, 0.29) is 37.6 Å². The van der Waals surface area contributed by atoms with Crippen molar-refractivity contribution in [2.24, 2.45) is 0 Å². The van der Waals surface area contributed by atoms with Gasteiger partial charge in [-0.15, -0.1) is 0 Å². The lowest BCUT2D eigenvalue weighted by atomic mass is 10.1. The molecular formula is C24H26O11. The van der Waals surface area contributed by atoms with Crippen LogP contribution in [0.1, 0.15) is 20.7 Å². The molecule has 0 heterocycles. The van der Waals surface area contributed by atoms with E-state index in [1.54, 1.807) is 0 Å². The largest absolute Gasteiger partial charge is 0.493 e. The van der Waals surface area contributed by atoms with E-state index in [1.165, 1.54) is 64.8 Å². The molecule has 0 unspecified atom stereocenters. The molecule has 0 aliphatic rings. The topological polar surface area (TPSA) is 133 Å². The van der Waals surface area contributed by atoms with Crippen molar-refractivity contribution in [3.8, 4) is 23.0 Å². The molecule has 0 spiro atoms. The number of hydrogen-bond donors (Lipinski definition) is 0. The normalized spacial score (nSPS) is 10.2. The van der Waals surface area contributed by atoms with E-state index in [1.807, 2.05) is 0 Å². The van der Waals surface area contributed by atoms with Crippen molar-refractivity contribution in [2.75, 3.05) is 54.9 Å². The van der Waals surface area contributed by atoms with Gasteiger partial charge in [-0.1, -0.05) is 0 Å². The summed E-state index contributed by atoms with van der Waals surface area (Å²) >= 11 is 0. The first-order valence-corrected chi connectivity index (χ1v) is 10.3. The Bertz CT molecular complexity index is 978. The van der Waals surface area contributed by atoms with Gasteiger partial charge in [-0.2, -0.15) is 0 Å². The van der Waals surface area contributed by atoms with Gasteiger partial charge in [-0.3, -0.25) is 9.59 Å². The van der Waals surface area contributed by atoms with Gasteiger partial charge in [-0.25, -0.2) is 9.59 Å². The lowest BCUT2D eigenvalue weighted by Gasteiger charge is -2.10. The molecule has 0 amide bonds. The third-order valence-corrected chi connectivity index (χ3v) is 4.58. The Hall–Kier alpha value is -4.12. The Kier molecular flexibility index (Phi) is 10.5. The molecule has 188 valence electrons. The Balaban J connectivity index is 1.69. The smallest absolute Gasteiger partial charge is 0.379 e. The summed E-state index contributed by atoms with van der Waals surface area (Å²) in [4.78, 5) is 48.3. The van der Waals surface area contributed by atoms with Crippen molar-refractivity contribution in [3.05, 3.63) is 47.5 Å². The molecule has 2 aromatic rings. The van der Waals surface area contributed by atoms with Gasteiger partial charge in [0.25, 0.3) is 11.6 Å². The fourth-order valence-corrected chi connectivity index (χ4v) is 2.81. The maximum Gasteiger partial charge on any atom is 0.379 e. The van der Waals surface area contributed by atoms with E-state index in [9.17, 15) is 19.2 Å². The molecule has 0 bridgehead atoms. The number of carbonyl (C=O) groups is 4. The fraction of sp³-hybridized carbons (Fsp3) is 0.333. The van der Waals surface area contributed by atoms with Crippen LogP contribution in [0.2, 0.25) is 0 Å². The van der Waals surface area contributed by atoms with Gasteiger partial charge in [0, 0.05) is 11.1 Å². The van der Waals surface area contributed by atoms with Crippen LogP contribution in [0.3, 0.4) is 0 Å². The molecule has 0 saturated heterocycles. The van der Waals surface area contributed by atoms with E-state index in [2.05, 4.69) is 0 Å². The monoisotopic (exact) mass is 490 g/mol. The van der Waals surface area contributed by atoms with E-state index in [0.29, 0.717) is 23.0 Å². The lowest BCUT2D eigenvalue weighted by Crippen LogP contribution is -2.22. The first-order valence-electron chi connectivity index (χ1n) is 10.3. The summed E-state index contributed by atoms with van der Waals surface area (Å²) in [6, 6.07) is 8.57. The molecule has 2 aromatic carbocycles. The van der Waals surface area contributed by atoms with Gasteiger partial charge in [0.15, 0.2) is 23.0 Å². The maximum atomic E-state index is 12.2. The van der Waals surface area contributed by atoms with E-state index < -0.39 is 23.5 Å². The Morgan fingerprint density at radius 3 is 1.26 bits per heavy atom. The Labute approximate surface area is 201 Å². The summed E-state index contributed by atoms with van der Waals surface area (Å²) in [5, 5.41) is 0. The minimum Gasteiger partial charge on any atom is -0.493 e. The van der Waals surface area contributed by atoms with Crippen LogP contribution >= 0.6 is 0 Å². The van der Waals surface area contributed by atoms with Gasteiger partial charge in [0.1, 0.15) is 13.2 Å². The number of methoxy groups -OCH3 is 4. The molecule has 0 aliphatic carbocycles. The van der Waals surface area contributed by atoms with Crippen molar-refractivity contribution < 1.29 is 52.3 Å². The molecular weight excluding hydrogens is 464 g/mol. The van der Waals surface area contributed by atoms with Crippen LogP contribution in [0.4, 0.5) is 0 Å². The predicted octanol–water partition coefficient (Wildman–Crippen LogP) is 1.89.